The molecule has 2 rings (SSSR count). The van der Waals surface area contributed by atoms with Gasteiger partial charge in [-0.3, -0.25) is 9.59 Å². The number of Topliss-reactive ketones (excluding diaryl/α,β-unsaturated/α-hetero) is 1. The number of halogens is 4. The van der Waals surface area contributed by atoms with Gasteiger partial charge in [0.15, 0.2) is 0 Å². The molecule has 1 aliphatic rings. The Hall–Kier alpha value is -1.92. The molecule has 1 aromatic rings. The Kier molecular flexibility index (Phi) is 2.84. The lowest BCUT2D eigenvalue weighted by Crippen LogP contribution is -2.33. The van der Waals surface area contributed by atoms with E-state index in [2.05, 4.69) is 0 Å². The molecule has 3 nitrogen and oxygen atoms in total. The van der Waals surface area contributed by atoms with Gasteiger partial charge < -0.3 is 4.90 Å². The number of rotatable bonds is 2. The minimum atomic E-state index is -4.45. The van der Waals surface area contributed by atoms with Crippen LogP contribution in [0.3, 0.4) is 0 Å². The van der Waals surface area contributed by atoms with Gasteiger partial charge in [-0.2, -0.15) is 13.2 Å². The van der Waals surface area contributed by atoms with Gasteiger partial charge in [-0.25, -0.2) is 4.39 Å². The summed E-state index contributed by atoms with van der Waals surface area (Å²) in [4.78, 5) is 23.6. The Morgan fingerprint density at radius 2 is 1.83 bits per heavy atom. The van der Waals surface area contributed by atoms with E-state index < -0.39 is 36.6 Å². The van der Waals surface area contributed by atoms with Gasteiger partial charge in [0, 0.05) is 6.54 Å². The minimum Gasteiger partial charge on any atom is -0.304 e. The predicted molar refractivity (Wildman–Crippen MR) is 53.8 cm³/mol. The maximum Gasteiger partial charge on any atom is 0.390 e. The maximum absolute atomic E-state index is 13.0. The first kappa shape index (κ1) is 12.5. The van der Waals surface area contributed by atoms with E-state index in [9.17, 15) is 27.2 Å². The largest absolute Gasteiger partial charge is 0.390 e. The van der Waals surface area contributed by atoms with E-state index in [0.717, 1.165) is 18.2 Å². The van der Waals surface area contributed by atoms with E-state index in [0.29, 0.717) is 4.90 Å². The molecular weight excluding hydrogens is 254 g/mol. The summed E-state index contributed by atoms with van der Waals surface area (Å²) in [5.41, 5.74) is -0.169. The van der Waals surface area contributed by atoms with E-state index in [-0.39, 0.29) is 11.3 Å². The summed E-state index contributed by atoms with van der Waals surface area (Å²) in [5, 5.41) is 0. The standard InChI is InChI=1S/C11H7F4NO2/c12-6-1-2-7-8(5-6)16(10(18)9(7)17)4-3-11(13,14)15/h1-2,5H,3-4H2. The quantitative estimate of drug-likeness (QED) is 0.605. The van der Waals surface area contributed by atoms with Gasteiger partial charge in [0.25, 0.3) is 11.7 Å². The van der Waals surface area contributed by atoms with Crippen molar-refractivity contribution in [1.29, 1.82) is 0 Å². The second kappa shape index (κ2) is 4.08. The molecule has 1 aliphatic heterocycles. The lowest BCUT2D eigenvalue weighted by atomic mass is 10.1. The van der Waals surface area contributed by atoms with Crippen molar-refractivity contribution >= 4 is 17.4 Å². The molecule has 0 spiro atoms. The van der Waals surface area contributed by atoms with Gasteiger partial charge in [-0.1, -0.05) is 0 Å². The number of ketones is 1. The Morgan fingerprint density at radius 1 is 1.17 bits per heavy atom. The maximum atomic E-state index is 13.0. The van der Waals surface area contributed by atoms with Gasteiger partial charge in [-0.05, 0) is 18.2 Å². The Bertz CT molecular complexity index is 524. The van der Waals surface area contributed by atoms with E-state index in [1.807, 2.05) is 0 Å². The molecule has 0 radical (unpaired) electrons. The number of hydrogen-bond donors (Lipinski definition) is 0. The Morgan fingerprint density at radius 3 is 2.44 bits per heavy atom. The molecule has 0 unspecified atom stereocenters. The number of carbonyl (C=O) groups is 2. The van der Waals surface area contributed by atoms with Crippen LogP contribution < -0.4 is 4.90 Å². The molecule has 1 aromatic carbocycles. The van der Waals surface area contributed by atoms with Crippen LogP contribution in [0.1, 0.15) is 16.8 Å². The van der Waals surface area contributed by atoms with Gasteiger partial charge in [-0.15, -0.1) is 0 Å². The number of carbonyl (C=O) groups excluding carboxylic acids is 2. The van der Waals surface area contributed by atoms with E-state index in [1.54, 1.807) is 0 Å². The number of nitrogens with zero attached hydrogens (tertiary/aromatic N) is 1. The van der Waals surface area contributed by atoms with Gasteiger partial charge in [0.2, 0.25) is 0 Å². The van der Waals surface area contributed by atoms with Crippen LogP contribution in [-0.4, -0.2) is 24.4 Å². The molecule has 7 heteroatoms. The van der Waals surface area contributed by atoms with E-state index >= 15 is 0 Å². The minimum absolute atomic E-state index is 0.0661. The van der Waals surface area contributed by atoms with Crippen LogP contribution >= 0.6 is 0 Å². The van der Waals surface area contributed by atoms with Gasteiger partial charge in [0.05, 0.1) is 17.7 Å². The van der Waals surface area contributed by atoms with Crippen molar-refractivity contribution in [3.05, 3.63) is 29.6 Å². The molecule has 0 saturated heterocycles. The number of amides is 1. The van der Waals surface area contributed by atoms with Crippen molar-refractivity contribution in [3.8, 4) is 0 Å². The first-order valence-electron chi connectivity index (χ1n) is 5.02. The van der Waals surface area contributed by atoms with Crippen molar-refractivity contribution in [3.63, 3.8) is 0 Å². The van der Waals surface area contributed by atoms with E-state index in [4.69, 9.17) is 0 Å². The molecule has 0 bridgehead atoms. The lowest BCUT2D eigenvalue weighted by molar-refractivity contribution is -0.133. The first-order valence-corrected chi connectivity index (χ1v) is 5.02. The van der Waals surface area contributed by atoms with Crippen molar-refractivity contribution in [2.75, 3.05) is 11.4 Å². The number of alkyl halides is 3. The fourth-order valence-electron chi connectivity index (χ4n) is 1.73. The average molecular weight is 261 g/mol. The van der Waals surface area contributed by atoms with Gasteiger partial charge in [0.1, 0.15) is 5.82 Å². The number of benzene rings is 1. The third kappa shape index (κ3) is 2.20. The average Bonchev–Trinajstić information content (AvgIpc) is 2.48. The fourth-order valence-corrected chi connectivity index (χ4v) is 1.73. The van der Waals surface area contributed by atoms with E-state index in [1.165, 1.54) is 0 Å². The zero-order chi connectivity index (χ0) is 13.5. The van der Waals surface area contributed by atoms with Crippen molar-refractivity contribution in [2.45, 2.75) is 12.6 Å². The third-order valence-electron chi connectivity index (χ3n) is 2.55. The summed E-state index contributed by atoms with van der Waals surface area (Å²) in [5.74, 6) is -2.68. The predicted octanol–water partition coefficient (Wildman–Crippen LogP) is 2.31. The monoisotopic (exact) mass is 261 g/mol. The second-order valence-corrected chi connectivity index (χ2v) is 3.81. The molecule has 0 aliphatic carbocycles. The molecule has 1 heterocycles. The summed E-state index contributed by atoms with van der Waals surface area (Å²) in [7, 11) is 0. The zero-order valence-electron chi connectivity index (χ0n) is 8.92. The fraction of sp³-hybridized carbons (Fsp3) is 0.273. The molecule has 1 amide bonds. The highest BCUT2D eigenvalue weighted by Gasteiger charge is 2.38. The van der Waals surface area contributed by atoms with Crippen LogP contribution in [-0.2, 0) is 4.79 Å². The SMILES string of the molecule is O=C1C(=O)N(CCC(F)(F)F)c2cc(F)ccc21. The highest BCUT2D eigenvalue weighted by molar-refractivity contribution is 6.52. The topological polar surface area (TPSA) is 37.4 Å². The molecule has 0 atom stereocenters. The molecule has 0 N–H and O–H groups in total. The van der Waals surface area contributed by atoms with Crippen molar-refractivity contribution in [2.24, 2.45) is 0 Å². The Labute approximate surface area is 99.0 Å². The van der Waals surface area contributed by atoms with Crippen LogP contribution in [0.25, 0.3) is 0 Å². The van der Waals surface area contributed by atoms with Crippen molar-refractivity contribution < 1.29 is 27.2 Å². The van der Waals surface area contributed by atoms with Crippen LogP contribution in [0, 0.1) is 5.82 Å². The zero-order valence-corrected chi connectivity index (χ0v) is 8.92. The molecule has 0 fully saturated rings. The number of anilines is 1. The summed E-state index contributed by atoms with van der Waals surface area (Å²) in [6, 6.07) is 2.96. The Balaban J connectivity index is 2.30. The van der Waals surface area contributed by atoms with Crippen LogP contribution in [0.2, 0.25) is 0 Å². The summed E-state index contributed by atoms with van der Waals surface area (Å²) < 4.78 is 49.3. The highest BCUT2D eigenvalue weighted by Crippen LogP contribution is 2.31. The smallest absolute Gasteiger partial charge is 0.304 e. The number of fused-ring (bicyclic) bond motifs is 1. The lowest BCUT2D eigenvalue weighted by Gasteiger charge is -2.17. The highest BCUT2D eigenvalue weighted by atomic mass is 19.4. The summed E-state index contributed by atoms with van der Waals surface area (Å²) in [6.45, 7) is -0.690. The second-order valence-electron chi connectivity index (χ2n) is 3.81. The van der Waals surface area contributed by atoms with Crippen LogP contribution in [0.5, 0.6) is 0 Å². The normalized spacial score (nSPS) is 15.2. The van der Waals surface area contributed by atoms with Gasteiger partial charge >= 0.3 is 6.18 Å². The van der Waals surface area contributed by atoms with Crippen molar-refractivity contribution in [1.82, 2.24) is 0 Å². The molecule has 0 aromatic heterocycles. The molecule has 96 valence electrons. The number of hydrogen-bond acceptors (Lipinski definition) is 2. The molecule has 18 heavy (non-hydrogen) atoms. The van der Waals surface area contributed by atoms with Crippen LogP contribution in [0.15, 0.2) is 18.2 Å². The first-order chi connectivity index (χ1) is 8.29. The van der Waals surface area contributed by atoms with Crippen LogP contribution in [0.4, 0.5) is 23.2 Å². The third-order valence-corrected chi connectivity index (χ3v) is 2.55. The molecule has 0 saturated carbocycles. The summed E-state index contributed by atoms with van der Waals surface area (Å²) in [6.07, 6.45) is -5.69. The summed E-state index contributed by atoms with van der Waals surface area (Å²) >= 11 is 0. The molecular formula is C11H7F4NO2.